The molecule has 0 saturated heterocycles. The minimum absolute atomic E-state index is 0.460. The Hall–Kier alpha value is -3.05. The number of aromatic amines is 1. The highest BCUT2D eigenvalue weighted by molar-refractivity contribution is 7.16. The molecule has 5 rings (SSSR count). The average molecular weight is 441 g/mol. The molecule has 5 heterocycles. The van der Waals surface area contributed by atoms with Gasteiger partial charge in [-0.05, 0) is 13.8 Å². The highest BCUT2D eigenvalue weighted by atomic mass is 32.1. The van der Waals surface area contributed by atoms with Gasteiger partial charge in [-0.15, -0.1) is 22.7 Å². The summed E-state index contributed by atoms with van der Waals surface area (Å²) in [5, 5.41) is 12.5. The number of ether oxygens (including phenoxy) is 1. The normalized spacial score (nSPS) is 13.0. The van der Waals surface area contributed by atoms with E-state index in [1.54, 1.807) is 42.0 Å². The number of methoxy groups -OCH3 is 1. The zero-order valence-electron chi connectivity index (χ0n) is 16.8. The minimum atomic E-state index is 0.460. The van der Waals surface area contributed by atoms with Gasteiger partial charge in [-0.3, -0.25) is 10.4 Å². The summed E-state index contributed by atoms with van der Waals surface area (Å²) in [5.74, 6) is 1.95. The number of aromatic nitrogens is 6. The van der Waals surface area contributed by atoms with Crippen LogP contribution in [0.4, 0.5) is 16.9 Å². The second-order valence-corrected chi connectivity index (χ2v) is 9.37. The first kappa shape index (κ1) is 18.9. The molecule has 2 N–H and O–H groups in total. The van der Waals surface area contributed by atoms with Gasteiger partial charge in [-0.1, -0.05) is 0 Å². The fraction of sp³-hybridized carbons (Fsp3) is 0.316. The number of H-pyrrole nitrogens is 1. The number of hydrogen-bond acceptors (Lipinski definition) is 10. The van der Waals surface area contributed by atoms with Crippen molar-refractivity contribution in [3.05, 3.63) is 38.9 Å². The molecule has 0 aliphatic carbocycles. The maximum atomic E-state index is 5.17. The van der Waals surface area contributed by atoms with Gasteiger partial charge < -0.3 is 9.64 Å². The summed E-state index contributed by atoms with van der Waals surface area (Å²) in [5.41, 5.74) is 3.07. The van der Waals surface area contributed by atoms with Crippen LogP contribution in [0, 0.1) is 13.8 Å². The quantitative estimate of drug-likeness (QED) is 0.484. The van der Waals surface area contributed by atoms with E-state index < -0.39 is 0 Å². The summed E-state index contributed by atoms with van der Waals surface area (Å²) in [7, 11) is 1.58. The van der Waals surface area contributed by atoms with Gasteiger partial charge in [0.1, 0.15) is 5.82 Å². The number of hydrogen-bond donors (Lipinski definition) is 2. The summed E-state index contributed by atoms with van der Waals surface area (Å²) in [4.78, 5) is 22.8. The molecule has 1 aliphatic heterocycles. The van der Waals surface area contributed by atoms with Crippen molar-refractivity contribution in [3.63, 3.8) is 0 Å². The molecular weight excluding hydrogens is 420 g/mol. The molecule has 154 valence electrons. The van der Waals surface area contributed by atoms with Crippen molar-refractivity contribution >= 4 is 39.6 Å². The molecule has 0 saturated carbocycles. The Morgan fingerprint density at radius 1 is 1.23 bits per heavy atom. The Balaban J connectivity index is 1.43. The Bertz CT molecular complexity index is 1200. The van der Waals surface area contributed by atoms with Gasteiger partial charge >= 0.3 is 0 Å². The molecule has 0 spiro atoms. The van der Waals surface area contributed by atoms with E-state index in [9.17, 15) is 0 Å². The van der Waals surface area contributed by atoms with E-state index in [1.165, 1.54) is 9.75 Å². The smallest absolute Gasteiger partial charge is 0.232 e. The standard InChI is InChI=1S/C19H20N8OS2/c1-10-13(22-11(2)29-10)9-27-7-5-14-16(12-8-21-26-17(12)27)24-19(30-14)25-18-20-6-4-15(23-18)28-3/h4,6,8H,5,7,9H2,1-3H3,(H,21,26)(H,20,23,24,25). The Labute approximate surface area is 181 Å². The molecule has 4 aromatic heterocycles. The molecule has 0 amide bonds. The number of anilines is 3. The van der Waals surface area contributed by atoms with E-state index in [1.807, 2.05) is 13.1 Å². The highest BCUT2D eigenvalue weighted by Crippen LogP contribution is 2.39. The predicted octanol–water partition coefficient (Wildman–Crippen LogP) is 3.71. The maximum Gasteiger partial charge on any atom is 0.232 e. The third-order valence-corrected chi connectivity index (χ3v) is 6.85. The third kappa shape index (κ3) is 3.50. The topological polar surface area (TPSA) is 105 Å². The van der Waals surface area contributed by atoms with Crippen molar-refractivity contribution in [2.24, 2.45) is 0 Å². The number of rotatable bonds is 5. The van der Waals surface area contributed by atoms with Gasteiger partial charge in [-0.25, -0.2) is 15.0 Å². The molecule has 0 fully saturated rings. The van der Waals surface area contributed by atoms with E-state index in [0.717, 1.165) is 52.4 Å². The Morgan fingerprint density at radius 3 is 2.93 bits per heavy atom. The number of aryl methyl sites for hydroxylation is 2. The molecular formula is C19H20N8OS2. The summed E-state index contributed by atoms with van der Waals surface area (Å²) in [6.07, 6.45) is 4.39. The van der Waals surface area contributed by atoms with E-state index in [4.69, 9.17) is 14.7 Å². The van der Waals surface area contributed by atoms with Crippen LogP contribution in [0.1, 0.15) is 20.5 Å². The summed E-state index contributed by atoms with van der Waals surface area (Å²) in [6.45, 7) is 5.79. The van der Waals surface area contributed by atoms with E-state index in [-0.39, 0.29) is 0 Å². The predicted molar refractivity (Wildman–Crippen MR) is 118 cm³/mol. The molecule has 11 heteroatoms. The molecule has 1 aliphatic rings. The van der Waals surface area contributed by atoms with Crippen LogP contribution >= 0.6 is 22.7 Å². The van der Waals surface area contributed by atoms with Crippen LogP contribution in [-0.4, -0.2) is 43.8 Å². The zero-order chi connectivity index (χ0) is 20.7. The fourth-order valence-corrected chi connectivity index (χ4v) is 5.28. The Kier molecular flexibility index (Phi) is 4.83. The molecule has 9 nitrogen and oxygen atoms in total. The minimum Gasteiger partial charge on any atom is -0.481 e. The van der Waals surface area contributed by atoms with Crippen LogP contribution in [0.3, 0.4) is 0 Å². The first-order valence-electron chi connectivity index (χ1n) is 9.46. The van der Waals surface area contributed by atoms with Gasteiger partial charge in [0.25, 0.3) is 0 Å². The van der Waals surface area contributed by atoms with Crippen molar-refractivity contribution in [2.45, 2.75) is 26.8 Å². The van der Waals surface area contributed by atoms with Crippen LogP contribution < -0.4 is 15.0 Å². The Morgan fingerprint density at radius 2 is 2.13 bits per heavy atom. The second-order valence-electron chi connectivity index (χ2n) is 6.88. The first-order valence-corrected chi connectivity index (χ1v) is 11.1. The van der Waals surface area contributed by atoms with Crippen molar-refractivity contribution < 1.29 is 4.74 Å². The number of nitrogens with one attached hydrogen (secondary N) is 2. The van der Waals surface area contributed by atoms with E-state index >= 15 is 0 Å². The van der Waals surface area contributed by atoms with Crippen molar-refractivity contribution in [1.29, 1.82) is 0 Å². The van der Waals surface area contributed by atoms with Crippen LogP contribution in [0.2, 0.25) is 0 Å². The first-order chi connectivity index (χ1) is 14.6. The van der Waals surface area contributed by atoms with Crippen LogP contribution in [0.15, 0.2) is 18.5 Å². The van der Waals surface area contributed by atoms with Gasteiger partial charge in [-0.2, -0.15) is 10.1 Å². The summed E-state index contributed by atoms with van der Waals surface area (Å²) >= 11 is 3.35. The van der Waals surface area contributed by atoms with Gasteiger partial charge in [0.2, 0.25) is 11.8 Å². The highest BCUT2D eigenvalue weighted by Gasteiger charge is 2.26. The van der Waals surface area contributed by atoms with E-state index in [0.29, 0.717) is 11.8 Å². The molecule has 30 heavy (non-hydrogen) atoms. The largest absolute Gasteiger partial charge is 0.481 e. The third-order valence-electron chi connectivity index (χ3n) is 4.89. The lowest BCUT2D eigenvalue weighted by Gasteiger charge is -2.21. The molecule has 0 aromatic carbocycles. The summed E-state index contributed by atoms with van der Waals surface area (Å²) in [6, 6.07) is 1.71. The number of thiazole rings is 2. The summed E-state index contributed by atoms with van der Waals surface area (Å²) < 4.78 is 5.17. The van der Waals surface area contributed by atoms with Crippen LogP contribution in [0.25, 0.3) is 11.3 Å². The molecule has 0 bridgehead atoms. The zero-order valence-corrected chi connectivity index (χ0v) is 18.4. The van der Waals surface area contributed by atoms with Crippen molar-refractivity contribution in [3.8, 4) is 17.1 Å². The SMILES string of the molecule is COc1ccnc(Nc2nc3c(s2)CCN(Cc2nc(C)sc2C)c2[nH]ncc2-3)n1. The molecule has 0 unspecified atom stereocenters. The van der Waals surface area contributed by atoms with Gasteiger partial charge in [0, 0.05) is 35.0 Å². The number of fused-ring (bicyclic) bond motifs is 3. The molecule has 4 aromatic rings. The number of nitrogens with zero attached hydrogens (tertiary/aromatic N) is 6. The van der Waals surface area contributed by atoms with Gasteiger partial charge in [0.15, 0.2) is 5.13 Å². The second kappa shape index (κ2) is 7.65. The van der Waals surface area contributed by atoms with Crippen LogP contribution in [0.5, 0.6) is 5.88 Å². The lowest BCUT2D eigenvalue weighted by Crippen LogP contribution is -2.25. The molecule has 0 radical (unpaired) electrons. The average Bonchev–Trinajstić information content (AvgIpc) is 3.42. The fourth-order valence-electron chi connectivity index (χ4n) is 3.50. The maximum absolute atomic E-state index is 5.17. The monoisotopic (exact) mass is 440 g/mol. The lowest BCUT2D eigenvalue weighted by atomic mass is 10.2. The van der Waals surface area contributed by atoms with E-state index in [2.05, 4.69) is 37.3 Å². The van der Waals surface area contributed by atoms with Crippen LogP contribution in [-0.2, 0) is 13.0 Å². The van der Waals surface area contributed by atoms with Gasteiger partial charge in [0.05, 0.1) is 41.8 Å². The molecule has 0 atom stereocenters. The van der Waals surface area contributed by atoms with Crippen molar-refractivity contribution in [2.75, 3.05) is 23.9 Å². The lowest BCUT2D eigenvalue weighted by molar-refractivity contribution is 0.397. The van der Waals surface area contributed by atoms with Crippen molar-refractivity contribution in [1.82, 2.24) is 30.1 Å².